The van der Waals surface area contributed by atoms with Crippen molar-refractivity contribution >= 4 is 35.1 Å². The smallest absolute Gasteiger partial charge is 0.327 e. The third kappa shape index (κ3) is 3.27. The highest BCUT2D eigenvalue weighted by Crippen LogP contribution is 2.51. The molecule has 1 saturated carbocycles. The number of imide groups is 1. The maximum atomic E-state index is 13.3. The molecule has 2 heterocycles. The fraction of sp³-hybridized carbons (Fsp3) is 0.611. The molecule has 0 radical (unpaired) electrons. The summed E-state index contributed by atoms with van der Waals surface area (Å²) in [7, 11) is 2.94. The van der Waals surface area contributed by atoms with E-state index in [4.69, 9.17) is 0 Å². The Morgan fingerprint density at radius 3 is 2.41 bits per heavy atom. The lowest BCUT2D eigenvalue weighted by Gasteiger charge is -2.31. The van der Waals surface area contributed by atoms with E-state index in [1.807, 2.05) is 6.92 Å². The number of hydrogen-bond acceptors (Lipinski definition) is 7. The van der Waals surface area contributed by atoms with Gasteiger partial charge in [-0.15, -0.1) is 11.3 Å². The molecule has 1 aliphatic heterocycles. The van der Waals surface area contributed by atoms with Gasteiger partial charge in [0.05, 0.1) is 17.0 Å². The van der Waals surface area contributed by atoms with Gasteiger partial charge in [0.2, 0.25) is 5.91 Å². The highest BCUT2D eigenvalue weighted by molar-refractivity contribution is 7.11. The standard InChI is InChI=1S/C18H25N5O5S/c1-10-19-8-12(29-10)18(6-7-18)15(26)21(4)11(13(24)20-28)9-23-14(25)17(2,3)22(5)16(23)27/h8,11,28H,6-7,9H2,1-5H3,(H,20,24)/t11-/m1/s1. The van der Waals surface area contributed by atoms with E-state index in [2.05, 4.69) is 4.98 Å². The second kappa shape index (κ2) is 7.06. The number of aromatic nitrogens is 1. The van der Waals surface area contributed by atoms with Crippen molar-refractivity contribution in [3.05, 3.63) is 16.1 Å². The van der Waals surface area contributed by atoms with E-state index in [0.717, 1.165) is 14.8 Å². The van der Waals surface area contributed by atoms with Crippen molar-refractivity contribution in [1.29, 1.82) is 0 Å². The van der Waals surface area contributed by atoms with E-state index >= 15 is 0 Å². The SMILES string of the molecule is Cc1ncc(C2(C(=O)N(C)[C@H](CN3C(=O)N(C)C(C)(C)C3=O)C(=O)NO)CC2)s1. The molecule has 1 aliphatic carbocycles. The minimum atomic E-state index is -1.23. The van der Waals surface area contributed by atoms with Gasteiger partial charge in [0.25, 0.3) is 11.8 Å². The number of hydrogen-bond donors (Lipinski definition) is 2. The highest BCUT2D eigenvalue weighted by Gasteiger charge is 2.56. The fourth-order valence-corrected chi connectivity index (χ4v) is 4.54. The summed E-state index contributed by atoms with van der Waals surface area (Å²) < 4.78 is 0. The minimum absolute atomic E-state index is 0.304. The van der Waals surface area contributed by atoms with Crippen molar-refractivity contribution in [3.63, 3.8) is 0 Å². The number of hydroxylamine groups is 1. The summed E-state index contributed by atoms with van der Waals surface area (Å²) in [6, 6.07) is -1.79. The fourth-order valence-electron chi connectivity index (χ4n) is 3.52. The molecule has 29 heavy (non-hydrogen) atoms. The van der Waals surface area contributed by atoms with Gasteiger partial charge in [-0.1, -0.05) is 0 Å². The Labute approximate surface area is 172 Å². The number of amides is 5. The maximum Gasteiger partial charge on any atom is 0.327 e. The van der Waals surface area contributed by atoms with Gasteiger partial charge in [-0.2, -0.15) is 0 Å². The van der Waals surface area contributed by atoms with Crippen molar-refractivity contribution in [2.75, 3.05) is 20.6 Å². The van der Waals surface area contributed by atoms with Crippen LogP contribution < -0.4 is 5.48 Å². The molecule has 0 unspecified atom stereocenters. The van der Waals surface area contributed by atoms with Crippen LogP contribution in [0.15, 0.2) is 6.20 Å². The molecular weight excluding hydrogens is 398 g/mol. The summed E-state index contributed by atoms with van der Waals surface area (Å²) in [5.41, 5.74) is -0.257. The largest absolute Gasteiger partial charge is 0.331 e. The molecule has 3 rings (SSSR count). The predicted octanol–water partition coefficient (Wildman–Crippen LogP) is 0.488. The second-order valence-corrected chi connectivity index (χ2v) is 9.28. The first-order valence-corrected chi connectivity index (χ1v) is 10.0. The topological polar surface area (TPSA) is 123 Å². The summed E-state index contributed by atoms with van der Waals surface area (Å²) in [4.78, 5) is 59.3. The molecule has 2 aliphatic rings. The Hall–Kier alpha value is -2.53. The zero-order chi connectivity index (χ0) is 21.7. The van der Waals surface area contributed by atoms with Crippen molar-refractivity contribution in [2.24, 2.45) is 0 Å². The lowest BCUT2D eigenvalue weighted by Crippen LogP contribution is -2.56. The zero-order valence-corrected chi connectivity index (χ0v) is 17.9. The normalized spacial score (nSPS) is 20.6. The van der Waals surface area contributed by atoms with Crippen LogP contribution in [0.1, 0.15) is 36.6 Å². The van der Waals surface area contributed by atoms with E-state index in [-0.39, 0.29) is 12.5 Å². The second-order valence-electron chi connectivity index (χ2n) is 8.05. The van der Waals surface area contributed by atoms with Crippen molar-refractivity contribution < 1.29 is 24.4 Å². The number of nitrogens with zero attached hydrogens (tertiary/aromatic N) is 4. The monoisotopic (exact) mass is 423 g/mol. The van der Waals surface area contributed by atoms with Gasteiger partial charge in [-0.05, 0) is 33.6 Å². The van der Waals surface area contributed by atoms with E-state index in [1.54, 1.807) is 25.5 Å². The van der Waals surface area contributed by atoms with Crippen LogP contribution in [0.4, 0.5) is 4.79 Å². The molecule has 10 nitrogen and oxygen atoms in total. The number of likely N-dealkylation sites (N-methyl/N-ethyl adjacent to an activating group) is 2. The minimum Gasteiger partial charge on any atom is -0.331 e. The predicted molar refractivity (Wildman–Crippen MR) is 103 cm³/mol. The molecular formula is C18H25N5O5S. The molecule has 1 saturated heterocycles. The van der Waals surface area contributed by atoms with Crippen LogP contribution in [0.2, 0.25) is 0 Å². The van der Waals surface area contributed by atoms with Crippen LogP contribution in [0.5, 0.6) is 0 Å². The molecule has 0 aromatic carbocycles. The van der Waals surface area contributed by atoms with Gasteiger partial charge in [-0.25, -0.2) is 15.3 Å². The van der Waals surface area contributed by atoms with Crippen LogP contribution in [-0.2, 0) is 19.8 Å². The van der Waals surface area contributed by atoms with Gasteiger partial charge in [-0.3, -0.25) is 24.5 Å². The quantitative estimate of drug-likeness (QED) is 0.390. The van der Waals surface area contributed by atoms with Gasteiger partial charge >= 0.3 is 6.03 Å². The average Bonchev–Trinajstić information content (AvgIpc) is 3.36. The first-order chi connectivity index (χ1) is 13.5. The number of urea groups is 1. The highest BCUT2D eigenvalue weighted by atomic mass is 32.1. The average molecular weight is 423 g/mol. The van der Waals surface area contributed by atoms with Gasteiger partial charge < -0.3 is 9.80 Å². The Kier molecular flexibility index (Phi) is 5.16. The number of thiazole rings is 1. The summed E-state index contributed by atoms with van der Waals surface area (Å²) in [5, 5.41) is 10.0. The van der Waals surface area contributed by atoms with E-state index in [0.29, 0.717) is 12.8 Å². The maximum absolute atomic E-state index is 13.3. The van der Waals surface area contributed by atoms with Crippen LogP contribution in [-0.4, -0.2) is 80.9 Å². The number of rotatable bonds is 6. The first-order valence-electron chi connectivity index (χ1n) is 9.21. The van der Waals surface area contributed by atoms with Crippen molar-refractivity contribution in [2.45, 2.75) is 50.6 Å². The molecule has 0 spiro atoms. The van der Waals surface area contributed by atoms with Crippen molar-refractivity contribution in [3.8, 4) is 0 Å². The molecule has 11 heteroatoms. The Morgan fingerprint density at radius 2 is 2.00 bits per heavy atom. The molecule has 158 valence electrons. The Bertz CT molecular complexity index is 878. The zero-order valence-electron chi connectivity index (χ0n) is 17.1. The van der Waals surface area contributed by atoms with Gasteiger partial charge in [0.1, 0.15) is 11.6 Å². The lowest BCUT2D eigenvalue weighted by atomic mass is 10.0. The molecule has 5 amide bonds. The van der Waals surface area contributed by atoms with E-state index in [9.17, 15) is 24.4 Å². The summed E-state index contributed by atoms with van der Waals surface area (Å²) in [5.74, 6) is -1.65. The Morgan fingerprint density at radius 1 is 1.38 bits per heavy atom. The molecule has 1 aromatic heterocycles. The van der Waals surface area contributed by atoms with E-state index in [1.165, 1.54) is 35.2 Å². The summed E-state index contributed by atoms with van der Waals surface area (Å²) in [6.45, 7) is 4.71. The summed E-state index contributed by atoms with van der Waals surface area (Å²) in [6.07, 6.45) is 2.93. The molecule has 1 aromatic rings. The van der Waals surface area contributed by atoms with E-state index < -0.39 is 34.8 Å². The Balaban J connectivity index is 1.86. The third-order valence-corrected chi connectivity index (χ3v) is 7.05. The molecule has 2 N–H and O–H groups in total. The number of nitrogens with one attached hydrogen (secondary N) is 1. The lowest BCUT2D eigenvalue weighted by molar-refractivity contribution is -0.146. The summed E-state index contributed by atoms with van der Waals surface area (Å²) >= 11 is 1.43. The number of carbonyl (C=O) groups is 4. The van der Waals surface area contributed by atoms with Crippen LogP contribution >= 0.6 is 11.3 Å². The number of aryl methyl sites for hydroxylation is 1. The molecule has 1 atom stereocenters. The van der Waals surface area contributed by atoms with Crippen LogP contribution in [0.25, 0.3) is 0 Å². The third-order valence-electron chi connectivity index (χ3n) is 5.93. The van der Waals surface area contributed by atoms with Crippen molar-refractivity contribution in [1.82, 2.24) is 25.2 Å². The first kappa shape index (κ1) is 21.2. The van der Waals surface area contributed by atoms with Crippen LogP contribution in [0.3, 0.4) is 0 Å². The van der Waals surface area contributed by atoms with Gasteiger partial charge in [0.15, 0.2) is 0 Å². The molecule has 0 bridgehead atoms. The molecule has 2 fully saturated rings. The number of carbonyl (C=O) groups excluding carboxylic acids is 4. The van der Waals surface area contributed by atoms with Crippen LogP contribution in [0, 0.1) is 6.92 Å². The van der Waals surface area contributed by atoms with Gasteiger partial charge in [0, 0.05) is 25.2 Å².